The number of rotatable bonds is 0. The monoisotopic (exact) mass is 274 g/mol. The van der Waals surface area contributed by atoms with Crippen LogP contribution < -0.4 is 10.4 Å². The predicted octanol–water partition coefficient (Wildman–Crippen LogP) is 3.69. The van der Waals surface area contributed by atoms with Gasteiger partial charge in [-0.3, -0.25) is 0 Å². The molecule has 0 fully saturated rings. The Labute approximate surface area is 121 Å². The molecule has 1 aliphatic carbocycles. The van der Waals surface area contributed by atoms with Crippen LogP contribution in [0.25, 0.3) is 11.1 Å². The molecule has 1 aliphatic heterocycles. The lowest BCUT2D eigenvalue weighted by molar-refractivity contribution is 1.25. The van der Waals surface area contributed by atoms with Crippen molar-refractivity contribution in [1.29, 1.82) is 0 Å². The minimum Gasteiger partial charge on any atom is -0.0949 e. The summed E-state index contributed by atoms with van der Waals surface area (Å²) in [5.74, 6) is 0. The lowest BCUT2D eigenvalue weighted by atomic mass is 9.77. The topological polar surface area (TPSA) is 0 Å². The predicted molar refractivity (Wildman–Crippen MR) is 90.2 cm³/mol. The van der Waals surface area contributed by atoms with Crippen LogP contribution in [0.4, 0.5) is 0 Å². The summed E-state index contributed by atoms with van der Waals surface area (Å²) in [4.78, 5) is 0. The average molecular weight is 274 g/mol. The first-order chi connectivity index (χ1) is 9.60. The molecule has 0 amide bonds. The molecule has 0 N–H and O–H groups in total. The normalized spacial score (nSPS) is 18.6. The Morgan fingerprint density at radius 3 is 2.05 bits per heavy atom. The third-order valence-electron chi connectivity index (χ3n) is 4.84. The summed E-state index contributed by atoms with van der Waals surface area (Å²) < 4.78 is 0. The fourth-order valence-corrected chi connectivity index (χ4v) is 6.87. The van der Waals surface area contributed by atoms with E-state index < -0.39 is 8.07 Å². The second-order valence-corrected chi connectivity index (χ2v) is 10.7. The molecule has 0 unspecified atom stereocenters. The minimum atomic E-state index is -1.64. The Balaban J connectivity index is 2.17. The molecule has 0 radical (unpaired) electrons. The number of allylic oxidation sites excluding steroid dienone is 3. The van der Waals surface area contributed by atoms with Gasteiger partial charge in [0, 0.05) is 0 Å². The van der Waals surface area contributed by atoms with Gasteiger partial charge in [0.15, 0.2) is 0 Å². The van der Waals surface area contributed by atoms with Gasteiger partial charge in [-0.05, 0) is 44.6 Å². The van der Waals surface area contributed by atoms with Gasteiger partial charge in [0.25, 0.3) is 0 Å². The van der Waals surface area contributed by atoms with Gasteiger partial charge in [0.2, 0.25) is 0 Å². The zero-order chi connectivity index (χ0) is 13.9. The van der Waals surface area contributed by atoms with Crippen molar-refractivity contribution in [2.45, 2.75) is 19.5 Å². The zero-order valence-electron chi connectivity index (χ0n) is 12.0. The molecule has 2 aromatic rings. The summed E-state index contributed by atoms with van der Waals surface area (Å²) in [6, 6.07) is 18.0. The SMILES string of the molecule is C=C1CC2=C1c1ccccc1[Si](C)(C)c1ccccc12. The van der Waals surface area contributed by atoms with E-state index in [1.807, 2.05) is 0 Å². The Morgan fingerprint density at radius 2 is 1.40 bits per heavy atom. The van der Waals surface area contributed by atoms with Crippen molar-refractivity contribution in [3.05, 3.63) is 71.8 Å². The van der Waals surface area contributed by atoms with Crippen molar-refractivity contribution in [2.24, 2.45) is 0 Å². The van der Waals surface area contributed by atoms with Gasteiger partial charge >= 0.3 is 0 Å². The molecule has 0 atom stereocenters. The number of hydrogen-bond donors (Lipinski definition) is 0. The maximum atomic E-state index is 4.26. The molecule has 20 heavy (non-hydrogen) atoms. The number of benzene rings is 2. The van der Waals surface area contributed by atoms with Crippen LogP contribution in [-0.2, 0) is 0 Å². The van der Waals surface area contributed by atoms with Crippen LogP contribution in [0.15, 0.2) is 60.7 Å². The highest BCUT2D eigenvalue weighted by Crippen LogP contribution is 2.46. The summed E-state index contributed by atoms with van der Waals surface area (Å²) in [7, 11) is -1.64. The molecule has 0 saturated heterocycles. The summed E-state index contributed by atoms with van der Waals surface area (Å²) in [5.41, 5.74) is 7.14. The zero-order valence-corrected chi connectivity index (χ0v) is 13.0. The molecule has 98 valence electrons. The molecule has 0 saturated carbocycles. The Morgan fingerprint density at radius 1 is 0.850 bits per heavy atom. The summed E-state index contributed by atoms with van der Waals surface area (Å²) >= 11 is 0. The fourth-order valence-electron chi connectivity index (χ4n) is 3.76. The molecule has 1 heteroatoms. The second-order valence-electron chi connectivity index (χ2n) is 6.35. The second kappa shape index (κ2) is 3.83. The highest BCUT2D eigenvalue weighted by molar-refractivity contribution is 7.01. The average Bonchev–Trinajstić information content (AvgIpc) is 2.50. The van der Waals surface area contributed by atoms with E-state index in [2.05, 4.69) is 68.2 Å². The third-order valence-corrected chi connectivity index (χ3v) is 8.41. The van der Waals surface area contributed by atoms with E-state index in [1.54, 1.807) is 10.4 Å². The molecule has 0 bridgehead atoms. The van der Waals surface area contributed by atoms with Crippen LogP contribution in [0.1, 0.15) is 17.5 Å². The molecule has 0 spiro atoms. The molecule has 0 nitrogen and oxygen atoms in total. The quantitative estimate of drug-likeness (QED) is 0.643. The Kier molecular flexibility index (Phi) is 2.28. The smallest absolute Gasteiger partial charge is 0.0949 e. The summed E-state index contributed by atoms with van der Waals surface area (Å²) in [6.45, 7) is 9.21. The maximum Gasteiger partial charge on any atom is 0.113 e. The van der Waals surface area contributed by atoms with Crippen molar-refractivity contribution in [2.75, 3.05) is 0 Å². The van der Waals surface area contributed by atoms with Gasteiger partial charge in [-0.1, -0.05) is 68.2 Å². The molecule has 4 rings (SSSR count). The third kappa shape index (κ3) is 1.36. The number of fused-ring (bicyclic) bond motifs is 4. The first-order valence-corrected chi connectivity index (χ1v) is 10.2. The molecular formula is C19H18Si. The highest BCUT2D eigenvalue weighted by Gasteiger charge is 2.38. The Hall–Kier alpha value is -1.86. The van der Waals surface area contributed by atoms with Crippen molar-refractivity contribution in [3.63, 3.8) is 0 Å². The maximum absolute atomic E-state index is 4.26. The van der Waals surface area contributed by atoms with E-state index in [1.165, 1.54) is 27.8 Å². The first kappa shape index (κ1) is 11.9. The van der Waals surface area contributed by atoms with Crippen LogP contribution >= 0.6 is 0 Å². The molecule has 0 aromatic heterocycles. The van der Waals surface area contributed by atoms with Crippen molar-refractivity contribution in [3.8, 4) is 0 Å². The minimum absolute atomic E-state index is 1.05. The van der Waals surface area contributed by atoms with E-state index in [0.717, 1.165) is 6.42 Å². The van der Waals surface area contributed by atoms with Crippen LogP contribution in [0.2, 0.25) is 13.1 Å². The van der Waals surface area contributed by atoms with Gasteiger partial charge in [0.05, 0.1) is 0 Å². The summed E-state index contributed by atoms with van der Waals surface area (Å²) in [5, 5.41) is 3.13. The van der Waals surface area contributed by atoms with Gasteiger partial charge in [-0.15, -0.1) is 0 Å². The molecule has 2 aromatic carbocycles. The van der Waals surface area contributed by atoms with E-state index >= 15 is 0 Å². The molecule has 2 aliphatic rings. The van der Waals surface area contributed by atoms with E-state index in [0.29, 0.717) is 0 Å². The van der Waals surface area contributed by atoms with Gasteiger partial charge in [-0.2, -0.15) is 0 Å². The van der Waals surface area contributed by atoms with E-state index in [9.17, 15) is 0 Å². The standard InChI is InChI=1S/C19H18Si/c1-13-12-16-14-8-4-6-10-17(14)20(2,3)18-11-7-5-9-15(18)19(13)16/h4-11H,1,12H2,2-3H3. The van der Waals surface area contributed by atoms with Crippen molar-refractivity contribution >= 4 is 29.6 Å². The van der Waals surface area contributed by atoms with Crippen LogP contribution in [0, 0.1) is 0 Å². The fraction of sp³-hybridized carbons (Fsp3) is 0.158. The van der Waals surface area contributed by atoms with Gasteiger partial charge in [0.1, 0.15) is 8.07 Å². The van der Waals surface area contributed by atoms with Gasteiger partial charge < -0.3 is 0 Å². The van der Waals surface area contributed by atoms with Crippen LogP contribution in [0.3, 0.4) is 0 Å². The lowest BCUT2D eigenvalue weighted by Crippen LogP contribution is -2.54. The van der Waals surface area contributed by atoms with E-state index in [-0.39, 0.29) is 0 Å². The number of hydrogen-bond acceptors (Lipinski definition) is 0. The molecule has 1 heterocycles. The lowest BCUT2D eigenvalue weighted by Gasteiger charge is -2.27. The van der Waals surface area contributed by atoms with Crippen molar-refractivity contribution < 1.29 is 0 Å². The van der Waals surface area contributed by atoms with Crippen LogP contribution in [0.5, 0.6) is 0 Å². The Bertz CT molecular complexity index is 778. The largest absolute Gasteiger partial charge is 0.113 e. The van der Waals surface area contributed by atoms with Crippen LogP contribution in [-0.4, -0.2) is 8.07 Å². The first-order valence-electron chi connectivity index (χ1n) is 7.22. The van der Waals surface area contributed by atoms with Gasteiger partial charge in [-0.25, -0.2) is 0 Å². The highest BCUT2D eigenvalue weighted by atomic mass is 28.3. The van der Waals surface area contributed by atoms with E-state index in [4.69, 9.17) is 0 Å². The summed E-state index contributed by atoms with van der Waals surface area (Å²) in [6.07, 6.45) is 1.05. The molecular weight excluding hydrogens is 256 g/mol. The van der Waals surface area contributed by atoms with Crippen molar-refractivity contribution in [1.82, 2.24) is 0 Å².